The molecule has 0 bridgehead atoms. The number of carbonyl (C=O) groups is 1. The summed E-state index contributed by atoms with van der Waals surface area (Å²) in [6.45, 7) is 1.31. The Hall–Kier alpha value is -1.43. The molecule has 0 radical (unpaired) electrons. The summed E-state index contributed by atoms with van der Waals surface area (Å²) in [5, 5.41) is 10.6. The van der Waals surface area contributed by atoms with Gasteiger partial charge < -0.3 is 0 Å². The van der Waals surface area contributed by atoms with Crippen LogP contribution in [0.15, 0.2) is 24.3 Å². The van der Waals surface area contributed by atoms with E-state index in [1.54, 1.807) is 12.1 Å². The highest BCUT2D eigenvalue weighted by Gasteiger charge is 2.19. The van der Waals surface area contributed by atoms with Gasteiger partial charge in [0.2, 0.25) is 5.91 Å². The van der Waals surface area contributed by atoms with Crippen molar-refractivity contribution in [3.8, 4) is 0 Å². The third-order valence-corrected chi connectivity index (χ3v) is 2.45. The van der Waals surface area contributed by atoms with Gasteiger partial charge in [0.1, 0.15) is 5.69 Å². The van der Waals surface area contributed by atoms with E-state index >= 15 is 0 Å². The van der Waals surface area contributed by atoms with Crippen LogP contribution in [-0.4, -0.2) is 10.8 Å². The van der Waals surface area contributed by atoms with Gasteiger partial charge in [-0.05, 0) is 6.07 Å². The van der Waals surface area contributed by atoms with Gasteiger partial charge in [0.05, 0.1) is 21.1 Å². The van der Waals surface area contributed by atoms with E-state index in [0.717, 1.165) is 3.93 Å². The number of nitrogens with zero attached hydrogens (tertiary/aromatic N) is 2. The molecule has 14 heavy (non-hydrogen) atoms. The second kappa shape index (κ2) is 4.19. The molecule has 0 saturated carbocycles. The molecule has 0 fully saturated rings. The van der Waals surface area contributed by atoms with Crippen LogP contribution >= 0.6 is 16.1 Å². The Balaban J connectivity index is 3.19. The third-order valence-electron chi connectivity index (χ3n) is 1.57. The van der Waals surface area contributed by atoms with Crippen LogP contribution in [-0.2, 0) is 4.79 Å². The quantitative estimate of drug-likeness (QED) is 0.465. The second-order valence-electron chi connectivity index (χ2n) is 2.55. The predicted molar refractivity (Wildman–Crippen MR) is 55.2 cm³/mol. The molecule has 0 unspecified atom stereocenters. The zero-order valence-electron chi connectivity index (χ0n) is 7.31. The average Bonchev–Trinajstić information content (AvgIpc) is 2.16. The Kier molecular flexibility index (Phi) is 3.19. The van der Waals surface area contributed by atoms with Crippen molar-refractivity contribution >= 4 is 33.4 Å². The fraction of sp³-hybridized carbons (Fsp3) is 0.125. The molecule has 1 amide bonds. The molecule has 0 aliphatic rings. The number of para-hydroxylation sites is 2. The number of nitro groups is 1. The van der Waals surface area contributed by atoms with Gasteiger partial charge in [0.15, 0.2) is 0 Å². The first kappa shape index (κ1) is 10.6. The maximum atomic E-state index is 11.0. The molecular formula is C8H7BrN2O3. The highest BCUT2D eigenvalue weighted by molar-refractivity contribution is 9.10. The second-order valence-corrected chi connectivity index (χ2v) is 3.25. The largest absolute Gasteiger partial charge is 0.293 e. The van der Waals surface area contributed by atoms with Gasteiger partial charge in [-0.15, -0.1) is 0 Å². The van der Waals surface area contributed by atoms with Crippen LogP contribution in [0.2, 0.25) is 0 Å². The van der Waals surface area contributed by atoms with Crippen LogP contribution in [0.3, 0.4) is 0 Å². The molecule has 0 N–H and O–H groups in total. The molecule has 1 aromatic rings. The van der Waals surface area contributed by atoms with Crippen molar-refractivity contribution in [3.63, 3.8) is 0 Å². The van der Waals surface area contributed by atoms with Gasteiger partial charge >= 0.3 is 0 Å². The van der Waals surface area contributed by atoms with Crippen LogP contribution in [0.25, 0.3) is 0 Å². The lowest BCUT2D eigenvalue weighted by Crippen LogP contribution is -2.16. The molecule has 0 aromatic heterocycles. The summed E-state index contributed by atoms with van der Waals surface area (Å²) < 4.78 is 1.06. The topological polar surface area (TPSA) is 63.5 Å². The number of carbonyl (C=O) groups excluding carboxylic acids is 1. The van der Waals surface area contributed by atoms with E-state index in [1.807, 2.05) is 0 Å². The first-order chi connectivity index (χ1) is 6.54. The molecular weight excluding hydrogens is 252 g/mol. The van der Waals surface area contributed by atoms with Crippen molar-refractivity contribution in [3.05, 3.63) is 34.4 Å². The number of nitro benzene ring substituents is 1. The summed E-state index contributed by atoms with van der Waals surface area (Å²) in [4.78, 5) is 21.0. The summed E-state index contributed by atoms with van der Waals surface area (Å²) in [5.41, 5.74) is 0.115. The van der Waals surface area contributed by atoms with Gasteiger partial charge in [0.25, 0.3) is 5.69 Å². The minimum Gasteiger partial charge on any atom is -0.274 e. The van der Waals surface area contributed by atoms with E-state index in [4.69, 9.17) is 0 Å². The molecule has 0 atom stereocenters. The van der Waals surface area contributed by atoms with E-state index in [1.165, 1.54) is 19.1 Å². The number of halogens is 1. The van der Waals surface area contributed by atoms with Crippen LogP contribution < -0.4 is 3.93 Å². The lowest BCUT2D eigenvalue weighted by atomic mass is 10.2. The highest BCUT2D eigenvalue weighted by atomic mass is 79.9. The van der Waals surface area contributed by atoms with Gasteiger partial charge in [-0.2, -0.15) is 0 Å². The maximum absolute atomic E-state index is 11.0. The third kappa shape index (κ3) is 2.08. The summed E-state index contributed by atoms with van der Waals surface area (Å²) in [5.74, 6) is -0.320. The molecule has 0 saturated heterocycles. The molecule has 1 rings (SSSR count). The van der Waals surface area contributed by atoms with Gasteiger partial charge in [-0.3, -0.25) is 14.9 Å². The summed E-state index contributed by atoms with van der Waals surface area (Å²) in [6.07, 6.45) is 0. The number of benzene rings is 1. The SMILES string of the molecule is CC(=O)N(Br)c1ccccc1[N+](=O)[O-]. The zero-order chi connectivity index (χ0) is 10.7. The van der Waals surface area contributed by atoms with E-state index in [0.29, 0.717) is 0 Å². The van der Waals surface area contributed by atoms with E-state index in [9.17, 15) is 14.9 Å². The molecule has 74 valence electrons. The normalized spacial score (nSPS) is 9.57. The van der Waals surface area contributed by atoms with Crippen molar-refractivity contribution in [1.82, 2.24) is 0 Å². The molecule has 0 aliphatic heterocycles. The molecule has 0 heterocycles. The zero-order valence-corrected chi connectivity index (χ0v) is 8.89. The summed E-state index contributed by atoms with van der Waals surface area (Å²) >= 11 is 2.95. The Bertz CT molecular complexity index is 381. The number of rotatable bonds is 2. The smallest absolute Gasteiger partial charge is 0.274 e. The molecule has 5 nitrogen and oxygen atoms in total. The van der Waals surface area contributed by atoms with Gasteiger partial charge in [-0.25, -0.2) is 3.93 Å². The van der Waals surface area contributed by atoms with Gasteiger partial charge in [0, 0.05) is 13.0 Å². The predicted octanol–water partition coefficient (Wildman–Crippen LogP) is 2.26. The first-order valence-corrected chi connectivity index (χ1v) is 4.45. The van der Waals surface area contributed by atoms with E-state index in [2.05, 4.69) is 16.1 Å². The number of anilines is 1. The van der Waals surface area contributed by atoms with Crippen molar-refractivity contribution in [1.29, 1.82) is 0 Å². The average molecular weight is 259 g/mol. The van der Waals surface area contributed by atoms with Crippen molar-refractivity contribution in [2.24, 2.45) is 0 Å². The Morgan fingerprint density at radius 1 is 1.50 bits per heavy atom. The lowest BCUT2D eigenvalue weighted by molar-refractivity contribution is -0.384. The number of hydrogen-bond acceptors (Lipinski definition) is 3. The van der Waals surface area contributed by atoms with Crippen molar-refractivity contribution in [2.45, 2.75) is 6.92 Å². The summed E-state index contributed by atoms with van der Waals surface area (Å²) in [7, 11) is 0. The minimum atomic E-state index is -0.535. The molecule has 6 heteroatoms. The highest BCUT2D eigenvalue weighted by Crippen LogP contribution is 2.29. The van der Waals surface area contributed by atoms with E-state index in [-0.39, 0.29) is 17.3 Å². The Morgan fingerprint density at radius 2 is 2.07 bits per heavy atom. The molecule has 1 aromatic carbocycles. The fourth-order valence-corrected chi connectivity index (χ4v) is 1.25. The Labute approximate surface area is 88.8 Å². The van der Waals surface area contributed by atoms with Crippen LogP contribution in [0, 0.1) is 10.1 Å². The Morgan fingerprint density at radius 3 is 2.57 bits per heavy atom. The summed E-state index contributed by atoms with van der Waals surface area (Å²) in [6, 6.07) is 6.00. The van der Waals surface area contributed by atoms with Crippen LogP contribution in [0.5, 0.6) is 0 Å². The fourth-order valence-electron chi connectivity index (χ4n) is 0.954. The standard InChI is InChI=1S/C8H7BrN2O3/c1-6(12)10(9)7-4-2-3-5-8(7)11(13)14/h2-5H,1H3. The van der Waals surface area contributed by atoms with E-state index < -0.39 is 4.92 Å². The van der Waals surface area contributed by atoms with Crippen molar-refractivity contribution in [2.75, 3.05) is 3.93 Å². The number of hydrogen-bond donors (Lipinski definition) is 0. The number of amides is 1. The monoisotopic (exact) mass is 258 g/mol. The van der Waals surface area contributed by atoms with Crippen molar-refractivity contribution < 1.29 is 9.72 Å². The molecule has 0 spiro atoms. The maximum Gasteiger partial charge on any atom is 0.293 e. The lowest BCUT2D eigenvalue weighted by Gasteiger charge is -2.11. The first-order valence-electron chi connectivity index (χ1n) is 3.74. The molecule has 0 aliphatic carbocycles. The minimum absolute atomic E-state index is 0.112. The van der Waals surface area contributed by atoms with Crippen LogP contribution in [0.4, 0.5) is 11.4 Å². The van der Waals surface area contributed by atoms with Gasteiger partial charge in [-0.1, -0.05) is 12.1 Å². The van der Waals surface area contributed by atoms with Crippen LogP contribution in [0.1, 0.15) is 6.92 Å².